The van der Waals surface area contributed by atoms with Gasteiger partial charge in [0.05, 0.1) is 0 Å². The molecule has 0 amide bonds. The van der Waals surface area contributed by atoms with Gasteiger partial charge in [0.25, 0.3) is 0 Å². The van der Waals surface area contributed by atoms with Crippen LogP contribution in [0.3, 0.4) is 0 Å². The van der Waals surface area contributed by atoms with Crippen molar-refractivity contribution < 1.29 is 0 Å². The van der Waals surface area contributed by atoms with Gasteiger partial charge in [-0.15, -0.1) is 0 Å². The molecule has 0 bridgehead atoms. The summed E-state index contributed by atoms with van der Waals surface area (Å²) < 4.78 is 0. The third-order valence-electron chi connectivity index (χ3n) is 5.71. The lowest BCUT2D eigenvalue weighted by Gasteiger charge is -2.13. The van der Waals surface area contributed by atoms with E-state index in [9.17, 15) is 0 Å². The Bertz CT molecular complexity index is 1350. The van der Waals surface area contributed by atoms with Crippen LogP contribution in [-0.4, -0.2) is 0 Å². The van der Waals surface area contributed by atoms with Crippen LogP contribution in [0.5, 0.6) is 0 Å². The molecule has 0 nitrogen and oxygen atoms in total. The van der Waals surface area contributed by atoms with Gasteiger partial charge in [0.15, 0.2) is 0 Å². The second kappa shape index (κ2) is 5.45. The number of hydrogen-bond donors (Lipinski definition) is 0. The van der Waals surface area contributed by atoms with Crippen molar-refractivity contribution in [2.45, 2.75) is 0 Å². The summed E-state index contributed by atoms with van der Waals surface area (Å²) >= 11 is 6.46. The van der Waals surface area contributed by atoms with Gasteiger partial charge in [-0.2, -0.15) is 0 Å². The Hall–Kier alpha value is -3.09. The molecule has 126 valence electrons. The monoisotopic (exact) mass is 362 g/mol. The van der Waals surface area contributed by atoms with E-state index < -0.39 is 0 Å². The topological polar surface area (TPSA) is 0 Å². The Morgan fingerprint density at radius 3 is 1.70 bits per heavy atom. The molecule has 0 spiro atoms. The molecule has 0 saturated carbocycles. The molecule has 1 aliphatic rings. The summed E-state index contributed by atoms with van der Waals surface area (Å²) in [6.07, 6.45) is 0. The maximum atomic E-state index is 6.46. The molecule has 6 rings (SSSR count). The van der Waals surface area contributed by atoms with Crippen LogP contribution < -0.4 is 0 Å². The average molecular weight is 363 g/mol. The van der Waals surface area contributed by atoms with E-state index in [0.29, 0.717) is 0 Å². The normalized spacial score (nSPS) is 11.9. The fraction of sp³-hybridized carbons (Fsp3) is 0. The Morgan fingerprint density at radius 2 is 0.889 bits per heavy atom. The van der Waals surface area contributed by atoms with Crippen molar-refractivity contribution >= 4 is 33.1 Å². The lowest BCUT2D eigenvalue weighted by molar-refractivity contribution is 1.68. The quantitative estimate of drug-likeness (QED) is 0.278. The molecule has 27 heavy (non-hydrogen) atoms. The van der Waals surface area contributed by atoms with Crippen LogP contribution in [0.2, 0.25) is 5.02 Å². The van der Waals surface area contributed by atoms with E-state index in [1.165, 1.54) is 49.5 Å². The van der Waals surface area contributed by atoms with Crippen LogP contribution in [-0.2, 0) is 0 Å². The van der Waals surface area contributed by atoms with Gasteiger partial charge in [0.2, 0.25) is 0 Å². The van der Waals surface area contributed by atoms with Crippen LogP contribution in [0.25, 0.3) is 54.9 Å². The Morgan fingerprint density at radius 1 is 0.370 bits per heavy atom. The van der Waals surface area contributed by atoms with Crippen LogP contribution in [0.15, 0.2) is 91.0 Å². The summed E-state index contributed by atoms with van der Waals surface area (Å²) in [4.78, 5) is 0. The molecule has 5 aromatic rings. The van der Waals surface area contributed by atoms with Gasteiger partial charge >= 0.3 is 0 Å². The summed E-state index contributed by atoms with van der Waals surface area (Å²) in [5.41, 5.74) is 7.81. The molecule has 5 aromatic carbocycles. The molecule has 1 heteroatoms. The molecule has 0 N–H and O–H groups in total. The summed E-state index contributed by atoms with van der Waals surface area (Å²) in [5.74, 6) is 0. The van der Waals surface area contributed by atoms with Crippen molar-refractivity contribution in [3.63, 3.8) is 0 Å². The van der Waals surface area contributed by atoms with Crippen LogP contribution in [0.4, 0.5) is 0 Å². The first-order valence-corrected chi connectivity index (χ1v) is 9.54. The Kier molecular flexibility index (Phi) is 3.03. The van der Waals surface area contributed by atoms with Crippen molar-refractivity contribution in [2.24, 2.45) is 0 Å². The van der Waals surface area contributed by atoms with E-state index in [4.69, 9.17) is 11.6 Å². The number of hydrogen-bond acceptors (Lipinski definition) is 0. The molecular weight excluding hydrogens is 348 g/mol. The van der Waals surface area contributed by atoms with Gasteiger partial charge in [0.1, 0.15) is 0 Å². The second-order valence-electron chi connectivity index (χ2n) is 7.07. The van der Waals surface area contributed by atoms with Crippen LogP contribution >= 0.6 is 11.6 Å². The second-order valence-corrected chi connectivity index (χ2v) is 7.48. The highest BCUT2D eigenvalue weighted by Gasteiger charge is 2.22. The molecular formula is C26H15Cl. The first-order chi connectivity index (χ1) is 13.3. The maximum Gasteiger partial charge on any atom is 0.0484 e. The van der Waals surface area contributed by atoms with Gasteiger partial charge in [-0.3, -0.25) is 0 Å². The number of halogens is 1. The zero-order valence-corrected chi connectivity index (χ0v) is 15.3. The van der Waals surface area contributed by atoms with Crippen LogP contribution in [0.1, 0.15) is 0 Å². The molecule has 0 saturated heterocycles. The maximum absolute atomic E-state index is 6.46. The predicted molar refractivity (Wildman–Crippen MR) is 116 cm³/mol. The first kappa shape index (κ1) is 15.0. The molecule has 0 aliphatic heterocycles. The molecule has 0 heterocycles. The van der Waals surface area contributed by atoms with Crippen molar-refractivity contribution in [3.05, 3.63) is 96.0 Å². The number of benzene rings is 5. The summed E-state index contributed by atoms with van der Waals surface area (Å²) in [6, 6.07) is 32.4. The standard InChI is InChI=1S/C26H15Cl/c27-25-15-14-19(16-6-3-4-9-21(16)25)20-12-13-24-18-8-2-1-7-17(18)22-10-5-11-23(20)26(22)24/h1-15H. The van der Waals surface area contributed by atoms with Crippen molar-refractivity contribution in [2.75, 3.05) is 0 Å². The highest BCUT2D eigenvalue weighted by molar-refractivity contribution is 6.36. The number of fused-ring (bicyclic) bond motifs is 4. The fourth-order valence-corrected chi connectivity index (χ4v) is 4.77. The van der Waals surface area contributed by atoms with Gasteiger partial charge in [-0.05, 0) is 55.6 Å². The minimum Gasteiger partial charge on any atom is -0.0837 e. The lowest BCUT2D eigenvalue weighted by atomic mass is 9.91. The van der Waals surface area contributed by atoms with Gasteiger partial charge in [-0.25, -0.2) is 0 Å². The summed E-state index contributed by atoms with van der Waals surface area (Å²) in [6.45, 7) is 0. The lowest BCUT2D eigenvalue weighted by Crippen LogP contribution is -1.86. The highest BCUT2D eigenvalue weighted by Crippen LogP contribution is 2.49. The average Bonchev–Trinajstić information content (AvgIpc) is 3.05. The summed E-state index contributed by atoms with van der Waals surface area (Å²) in [7, 11) is 0. The smallest absolute Gasteiger partial charge is 0.0484 e. The predicted octanol–water partition coefficient (Wildman–Crippen LogP) is 7.96. The zero-order valence-electron chi connectivity index (χ0n) is 14.5. The minimum atomic E-state index is 0.799. The zero-order chi connectivity index (χ0) is 18.0. The summed E-state index contributed by atoms with van der Waals surface area (Å²) in [5, 5.41) is 5.75. The Labute approximate surface area is 162 Å². The number of rotatable bonds is 1. The molecule has 1 aliphatic carbocycles. The largest absolute Gasteiger partial charge is 0.0837 e. The molecule has 0 radical (unpaired) electrons. The first-order valence-electron chi connectivity index (χ1n) is 9.16. The van der Waals surface area contributed by atoms with E-state index in [1.807, 2.05) is 12.1 Å². The molecule has 0 aromatic heterocycles. The van der Waals surface area contributed by atoms with E-state index >= 15 is 0 Å². The van der Waals surface area contributed by atoms with Gasteiger partial charge in [-0.1, -0.05) is 96.5 Å². The van der Waals surface area contributed by atoms with E-state index in [-0.39, 0.29) is 0 Å². The molecule has 0 atom stereocenters. The highest BCUT2D eigenvalue weighted by atomic mass is 35.5. The fourth-order valence-electron chi connectivity index (χ4n) is 4.54. The van der Waals surface area contributed by atoms with Gasteiger partial charge < -0.3 is 0 Å². The third-order valence-corrected chi connectivity index (χ3v) is 6.04. The van der Waals surface area contributed by atoms with E-state index in [1.54, 1.807) is 0 Å². The van der Waals surface area contributed by atoms with Crippen molar-refractivity contribution in [3.8, 4) is 33.4 Å². The van der Waals surface area contributed by atoms with E-state index in [2.05, 4.69) is 78.9 Å². The van der Waals surface area contributed by atoms with E-state index in [0.717, 1.165) is 10.4 Å². The SMILES string of the molecule is Clc1ccc(-c2ccc3c4c(cccc24)-c2ccccc2-3)c2ccccc12. The Balaban J connectivity index is 1.74. The third kappa shape index (κ3) is 1.99. The minimum absolute atomic E-state index is 0.799. The van der Waals surface area contributed by atoms with Gasteiger partial charge in [0, 0.05) is 10.4 Å². The molecule has 0 unspecified atom stereocenters. The van der Waals surface area contributed by atoms with Crippen molar-refractivity contribution in [1.29, 1.82) is 0 Å². The van der Waals surface area contributed by atoms with Crippen LogP contribution in [0, 0.1) is 0 Å². The van der Waals surface area contributed by atoms with Crippen molar-refractivity contribution in [1.82, 2.24) is 0 Å². The molecule has 0 fully saturated rings.